The largest absolute Gasteiger partial charge is 0.115 e. The van der Waals surface area contributed by atoms with Gasteiger partial charge in [0.05, 0.1) is 0 Å². The fourth-order valence-electron chi connectivity index (χ4n) is 0.615. The van der Waals surface area contributed by atoms with E-state index in [1.54, 1.807) is 6.08 Å². The summed E-state index contributed by atoms with van der Waals surface area (Å²) in [6.45, 7) is 13.7. The molecular formula is C14H28. The van der Waals surface area contributed by atoms with Crippen LogP contribution in [0.25, 0.3) is 0 Å². The topological polar surface area (TPSA) is 0 Å². The Morgan fingerprint density at radius 1 is 1.29 bits per heavy atom. The third kappa shape index (κ3) is 22.5. The van der Waals surface area contributed by atoms with Gasteiger partial charge in [-0.1, -0.05) is 73.1 Å². The van der Waals surface area contributed by atoms with Crippen LogP contribution in [0.4, 0.5) is 0 Å². The summed E-state index contributed by atoms with van der Waals surface area (Å²) in [4.78, 5) is 0. The molecule has 0 aliphatic heterocycles. The average molecular weight is 196 g/mol. The van der Waals surface area contributed by atoms with Crippen LogP contribution in [0.1, 0.15) is 54.9 Å². The number of hydrogen-bond donors (Lipinski definition) is 0. The Balaban J connectivity index is -0.0000000883. The van der Waals surface area contributed by atoms with Crippen LogP contribution in [0.3, 0.4) is 0 Å². The maximum atomic E-state index is 5.18. The Morgan fingerprint density at radius 3 is 1.93 bits per heavy atom. The van der Waals surface area contributed by atoms with E-state index in [-0.39, 0.29) is 7.43 Å². The van der Waals surface area contributed by atoms with Crippen LogP contribution in [0.5, 0.6) is 0 Å². The molecule has 0 bridgehead atoms. The second-order valence-electron chi connectivity index (χ2n) is 1.82. The molecule has 0 amide bonds. The van der Waals surface area contributed by atoms with Gasteiger partial charge in [-0.05, 0) is 6.42 Å². The van der Waals surface area contributed by atoms with Gasteiger partial charge in [-0.2, -0.15) is 0 Å². The average Bonchev–Trinajstić information content (AvgIpc) is 2.23. The van der Waals surface area contributed by atoms with Crippen molar-refractivity contribution in [3.8, 4) is 12.3 Å². The summed E-state index contributed by atoms with van der Waals surface area (Å²) in [5, 5.41) is 0. The summed E-state index contributed by atoms with van der Waals surface area (Å²) in [5.41, 5.74) is 1.03. The van der Waals surface area contributed by atoms with E-state index in [0.717, 1.165) is 18.4 Å². The molecule has 14 heavy (non-hydrogen) atoms. The zero-order valence-corrected chi connectivity index (χ0v) is 9.85. The van der Waals surface area contributed by atoms with Gasteiger partial charge in [0.2, 0.25) is 0 Å². The van der Waals surface area contributed by atoms with Gasteiger partial charge in [0.25, 0.3) is 0 Å². The first-order chi connectivity index (χ1) is 6.35. The quantitative estimate of drug-likeness (QED) is 0.429. The summed E-state index contributed by atoms with van der Waals surface area (Å²) in [7, 11) is 0. The lowest BCUT2D eigenvalue weighted by molar-refractivity contribution is 0.933. The van der Waals surface area contributed by atoms with E-state index in [4.69, 9.17) is 6.42 Å². The second kappa shape index (κ2) is 29.6. The first kappa shape index (κ1) is 23.1. The summed E-state index contributed by atoms with van der Waals surface area (Å²) in [6, 6.07) is 0. The van der Waals surface area contributed by atoms with Crippen LogP contribution >= 0.6 is 0 Å². The first-order valence-corrected chi connectivity index (χ1v) is 5.13. The van der Waals surface area contributed by atoms with Gasteiger partial charge in [0.1, 0.15) is 0 Å². The van der Waals surface area contributed by atoms with E-state index < -0.39 is 0 Å². The highest BCUT2D eigenvalue weighted by Gasteiger charge is 1.85. The SMILES string of the molecule is C.C#C/C(=C/C=C)CCC.CC.CC. The Morgan fingerprint density at radius 2 is 1.71 bits per heavy atom. The molecule has 0 spiro atoms. The van der Waals surface area contributed by atoms with Gasteiger partial charge in [-0.3, -0.25) is 0 Å². The first-order valence-electron chi connectivity index (χ1n) is 5.13. The molecule has 0 fully saturated rings. The molecule has 0 aromatic heterocycles. The zero-order chi connectivity index (χ0) is 11.1. The predicted molar refractivity (Wildman–Crippen MR) is 71.4 cm³/mol. The molecule has 0 atom stereocenters. The number of rotatable bonds is 3. The van der Waals surface area contributed by atoms with Gasteiger partial charge in [-0.15, -0.1) is 6.42 Å². The van der Waals surface area contributed by atoms with Gasteiger partial charge < -0.3 is 0 Å². The molecule has 0 unspecified atom stereocenters. The van der Waals surface area contributed by atoms with Crippen LogP contribution in [-0.4, -0.2) is 0 Å². The molecular weight excluding hydrogens is 168 g/mol. The lowest BCUT2D eigenvalue weighted by Gasteiger charge is -1.91. The number of hydrogen-bond acceptors (Lipinski definition) is 0. The molecule has 0 N–H and O–H groups in total. The van der Waals surface area contributed by atoms with E-state index in [1.165, 1.54) is 0 Å². The lowest BCUT2D eigenvalue weighted by atomic mass is 10.1. The van der Waals surface area contributed by atoms with Crippen LogP contribution in [0.15, 0.2) is 24.3 Å². The van der Waals surface area contributed by atoms with E-state index in [1.807, 2.05) is 33.8 Å². The molecule has 0 aromatic rings. The van der Waals surface area contributed by atoms with Crippen molar-refractivity contribution >= 4 is 0 Å². The second-order valence-corrected chi connectivity index (χ2v) is 1.82. The fraction of sp³-hybridized carbons (Fsp3) is 0.571. The van der Waals surface area contributed by atoms with Gasteiger partial charge in [0, 0.05) is 5.57 Å². The zero-order valence-electron chi connectivity index (χ0n) is 9.85. The fourth-order valence-corrected chi connectivity index (χ4v) is 0.615. The Bertz CT molecular complexity index is 144. The third-order valence-electron chi connectivity index (χ3n) is 1.02. The Hall–Kier alpha value is -0.960. The van der Waals surface area contributed by atoms with Crippen molar-refractivity contribution in [3.05, 3.63) is 24.3 Å². The minimum Gasteiger partial charge on any atom is -0.115 e. The third-order valence-corrected chi connectivity index (χ3v) is 1.02. The monoisotopic (exact) mass is 196 g/mol. The molecule has 0 radical (unpaired) electrons. The molecule has 0 aromatic carbocycles. The maximum absolute atomic E-state index is 5.18. The highest BCUT2D eigenvalue weighted by atomic mass is 13.9. The molecule has 84 valence electrons. The summed E-state index contributed by atoms with van der Waals surface area (Å²) >= 11 is 0. The highest BCUT2D eigenvalue weighted by Crippen LogP contribution is 2.01. The van der Waals surface area contributed by atoms with Gasteiger partial charge in [0.15, 0.2) is 0 Å². The van der Waals surface area contributed by atoms with Crippen molar-refractivity contribution in [2.45, 2.75) is 54.9 Å². The van der Waals surface area contributed by atoms with Crippen molar-refractivity contribution < 1.29 is 0 Å². The normalized spacial score (nSPS) is 7.57. The van der Waals surface area contributed by atoms with Crippen molar-refractivity contribution in [2.24, 2.45) is 0 Å². The van der Waals surface area contributed by atoms with Crippen molar-refractivity contribution in [1.29, 1.82) is 0 Å². The van der Waals surface area contributed by atoms with Crippen LogP contribution in [-0.2, 0) is 0 Å². The molecule has 0 heterocycles. The van der Waals surface area contributed by atoms with Crippen LogP contribution < -0.4 is 0 Å². The van der Waals surface area contributed by atoms with Gasteiger partial charge >= 0.3 is 0 Å². The van der Waals surface area contributed by atoms with E-state index in [9.17, 15) is 0 Å². The van der Waals surface area contributed by atoms with Crippen molar-refractivity contribution in [3.63, 3.8) is 0 Å². The van der Waals surface area contributed by atoms with Crippen molar-refractivity contribution in [1.82, 2.24) is 0 Å². The van der Waals surface area contributed by atoms with E-state index in [2.05, 4.69) is 19.4 Å². The Kier molecular flexibility index (Phi) is 48.9. The van der Waals surface area contributed by atoms with E-state index in [0.29, 0.717) is 0 Å². The maximum Gasteiger partial charge on any atom is 0.00173 e. The molecule has 0 aliphatic rings. The molecule has 0 saturated carbocycles. The van der Waals surface area contributed by atoms with E-state index >= 15 is 0 Å². The van der Waals surface area contributed by atoms with Gasteiger partial charge in [-0.25, -0.2) is 0 Å². The smallest absolute Gasteiger partial charge is 0.00173 e. The summed E-state index contributed by atoms with van der Waals surface area (Å²) in [6.07, 6.45) is 10.9. The van der Waals surface area contributed by atoms with Crippen molar-refractivity contribution in [2.75, 3.05) is 0 Å². The summed E-state index contributed by atoms with van der Waals surface area (Å²) in [5.74, 6) is 2.59. The molecule has 0 aliphatic carbocycles. The van der Waals surface area contributed by atoms with Crippen LogP contribution in [0, 0.1) is 12.3 Å². The molecule has 0 heteroatoms. The standard InChI is InChI=1S/C9H12.2C2H6.CH4/c1-4-7-9(6-3)8-5-2;2*1-2;/h3-4,7H,1,5,8H2,2H3;2*1-2H3;1H4/b9-7-;;;. The number of allylic oxidation sites excluding steroid dienone is 3. The molecule has 0 saturated heterocycles. The van der Waals surface area contributed by atoms with Crippen LogP contribution in [0.2, 0.25) is 0 Å². The highest BCUT2D eigenvalue weighted by molar-refractivity contribution is 5.28. The number of terminal acetylenes is 1. The Labute approximate surface area is 92.1 Å². The molecule has 0 nitrogen and oxygen atoms in total. The molecule has 0 rings (SSSR count). The minimum atomic E-state index is 0. The minimum absolute atomic E-state index is 0. The summed E-state index contributed by atoms with van der Waals surface area (Å²) < 4.78 is 0. The predicted octanol–water partition coefficient (Wildman–Crippen LogP) is 5.22. The lowest BCUT2D eigenvalue weighted by Crippen LogP contribution is -1.74.